The van der Waals surface area contributed by atoms with Crippen LogP contribution in [0, 0.1) is 0 Å². The fourth-order valence-corrected chi connectivity index (χ4v) is 4.48. The van der Waals surface area contributed by atoms with E-state index >= 15 is 0 Å². The molecule has 5 rings (SSSR count). The minimum Gasteiger partial charge on any atom is -0.245 e. The SMILES string of the molecule is CCCc1nc(Cc2cccs2)nn1Cc1ccc(-c2ccccc2-c2nn[nH]n2)cc1. The summed E-state index contributed by atoms with van der Waals surface area (Å²) in [6.45, 7) is 2.88. The normalized spacial score (nSPS) is 11.2. The largest absolute Gasteiger partial charge is 0.245 e. The molecule has 5 aromatic rings. The number of H-pyrrole nitrogens is 1. The average Bonchev–Trinajstić information content (AvgIpc) is 3.59. The molecule has 0 bridgehead atoms. The maximum absolute atomic E-state index is 4.81. The monoisotopic (exact) mass is 441 g/mol. The summed E-state index contributed by atoms with van der Waals surface area (Å²) >= 11 is 1.75. The fourth-order valence-electron chi connectivity index (χ4n) is 3.77. The Morgan fingerprint density at radius 2 is 1.81 bits per heavy atom. The van der Waals surface area contributed by atoms with Gasteiger partial charge in [0.1, 0.15) is 5.82 Å². The topological polar surface area (TPSA) is 85.2 Å². The lowest BCUT2D eigenvalue weighted by atomic mass is 9.98. The Hall–Kier alpha value is -3.65. The van der Waals surface area contributed by atoms with Crippen LogP contribution in [0.1, 0.15) is 35.4 Å². The lowest BCUT2D eigenvalue weighted by Gasteiger charge is -2.09. The second kappa shape index (κ2) is 9.23. The molecular formula is C24H23N7S. The Kier molecular flexibility index (Phi) is 5.85. The highest BCUT2D eigenvalue weighted by Gasteiger charge is 2.13. The Labute approximate surface area is 190 Å². The number of benzene rings is 2. The molecule has 1 N–H and O–H groups in total. The van der Waals surface area contributed by atoms with Crippen LogP contribution in [0.15, 0.2) is 66.0 Å². The Balaban J connectivity index is 1.38. The highest BCUT2D eigenvalue weighted by molar-refractivity contribution is 7.09. The molecule has 3 aromatic heterocycles. The standard InChI is InChI=1S/C24H23N7S/c1-2-6-23-25-22(15-19-7-5-14-32-19)28-31(23)16-17-10-12-18(13-11-17)20-8-3-4-9-21(20)24-26-29-30-27-24/h3-5,7-14H,2,6,15-16H2,1H3,(H,26,27,29,30). The van der Waals surface area contributed by atoms with Gasteiger partial charge in [-0.3, -0.25) is 0 Å². The zero-order valence-corrected chi connectivity index (χ0v) is 18.6. The summed E-state index contributed by atoms with van der Waals surface area (Å²) in [5, 5.41) is 21.4. The van der Waals surface area contributed by atoms with Crippen LogP contribution in [0.5, 0.6) is 0 Å². The third-order valence-corrected chi connectivity index (χ3v) is 6.17. The van der Waals surface area contributed by atoms with E-state index in [1.54, 1.807) is 11.3 Å². The lowest BCUT2D eigenvalue weighted by molar-refractivity contribution is 0.626. The molecule has 2 aromatic carbocycles. The minimum atomic E-state index is 0.592. The van der Waals surface area contributed by atoms with Gasteiger partial charge in [-0.2, -0.15) is 10.3 Å². The van der Waals surface area contributed by atoms with Crippen LogP contribution in [-0.4, -0.2) is 35.4 Å². The summed E-state index contributed by atoms with van der Waals surface area (Å²) in [4.78, 5) is 6.10. The molecule has 0 aliphatic rings. The van der Waals surface area contributed by atoms with Gasteiger partial charge in [-0.1, -0.05) is 61.5 Å². The molecule has 0 amide bonds. The maximum atomic E-state index is 4.81. The molecule has 3 heterocycles. The molecule has 7 nitrogen and oxygen atoms in total. The van der Waals surface area contributed by atoms with Gasteiger partial charge in [-0.05, 0) is 39.8 Å². The second-order valence-electron chi connectivity index (χ2n) is 7.59. The first-order chi connectivity index (χ1) is 15.8. The van der Waals surface area contributed by atoms with Crippen molar-refractivity contribution in [3.8, 4) is 22.5 Å². The molecule has 32 heavy (non-hydrogen) atoms. The van der Waals surface area contributed by atoms with Gasteiger partial charge in [0.25, 0.3) is 0 Å². The number of tetrazole rings is 1. The molecule has 0 unspecified atom stereocenters. The van der Waals surface area contributed by atoms with Gasteiger partial charge in [0.05, 0.1) is 6.54 Å². The summed E-state index contributed by atoms with van der Waals surface area (Å²) in [7, 11) is 0. The van der Waals surface area contributed by atoms with Crippen LogP contribution in [0.2, 0.25) is 0 Å². The summed E-state index contributed by atoms with van der Waals surface area (Å²) < 4.78 is 2.05. The van der Waals surface area contributed by atoms with Gasteiger partial charge in [0.2, 0.25) is 5.82 Å². The van der Waals surface area contributed by atoms with Crippen LogP contribution in [0.4, 0.5) is 0 Å². The number of hydrogen-bond acceptors (Lipinski definition) is 6. The molecule has 0 aliphatic carbocycles. The van der Waals surface area contributed by atoms with E-state index < -0.39 is 0 Å². The number of rotatable bonds is 8. The van der Waals surface area contributed by atoms with E-state index in [-0.39, 0.29) is 0 Å². The third kappa shape index (κ3) is 4.36. The highest BCUT2D eigenvalue weighted by Crippen LogP contribution is 2.29. The lowest BCUT2D eigenvalue weighted by Crippen LogP contribution is -2.07. The van der Waals surface area contributed by atoms with E-state index in [0.29, 0.717) is 12.4 Å². The first kappa shape index (κ1) is 20.3. The first-order valence-corrected chi connectivity index (χ1v) is 11.5. The van der Waals surface area contributed by atoms with Gasteiger partial charge in [-0.25, -0.2) is 9.67 Å². The Morgan fingerprint density at radius 3 is 2.53 bits per heavy atom. The predicted molar refractivity (Wildman–Crippen MR) is 125 cm³/mol. The van der Waals surface area contributed by atoms with Crippen molar-refractivity contribution >= 4 is 11.3 Å². The van der Waals surface area contributed by atoms with Crippen LogP contribution < -0.4 is 0 Å². The zero-order chi connectivity index (χ0) is 21.8. The molecular weight excluding hydrogens is 418 g/mol. The van der Waals surface area contributed by atoms with Crippen molar-refractivity contribution in [2.75, 3.05) is 0 Å². The number of hydrogen-bond donors (Lipinski definition) is 1. The van der Waals surface area contributed by atoms with Crippen LogP contribution in [-0.2, 0) is 19.4 Å². The second-order valence-corrected chi connectivity index (χ2v) is 8.62. The zero-order valence-electron chi connectivity index (χ0n) is 17.8. The molecule has 0 fully saturated rings. The average molecular weight is 442 g/mol. The van der Waals surface area contributed by atoms with Gasteiger partial charge < -0.3 is 0 Å². The van der Waals surface area contributed by atoms with Crippen LogP contribution in [0.3, 0.4) is 0 Å². The van der Waals surface area contributed by atoms with Crippen LogP contribution >= 0.6 is 11.3 Å². The van der Waals surface area contributed by atoms with Gasteiger partial charge in [0, 0.05) is 23.3 Å². The molecule has 8 heteroatoms. The van der Waals surface area contributed by atoms with E-state index in [0.717, 1.165) is 47.6 Å². The van der Waals surface area contributed by atoms with Crippen molar-refractivity contribution in [1.29, 1.82) is 0 Å². The van der Waals surface area contributed by atoms with Crippen molar-refractivity contribution in [3.05, 3.63) is 88.1 Å². The quantitative estimate of drug-likeness (QED) is 0.375. The number of nitrogens with one attached hydrogen (secondary N) is 1. The minimum absolute atomic E-state index is 0.592. The Morgan fingerprint density at radius 1 is 0.969 bits per heavy atom. The summed E-state index contributed by atoms with van der Waals surface area (Å²) in [6.07, 6.45) is 2.75. The maximum Gasteiger partial charge on any atom is 0.205 e. The van der Waals surface area contributed by atoms with E-state index in [9.17, 15) is 0 Å². The van der Waals surface area contributed by atoms with Gasteiger partial charge in [-0.15, -0.1) is 21.5 Å². The number of aromatic nitrogens is 7. The van der Waals surface area contributed by atoms with Gasteiger partial charge >= 0.3 is 0 Å². The number of nitrogens with zero attached hydrogens (tertiary/aromatic N) is 6. The van der Waals surface area contributed by atoms with Crippen molar-refractivity contribution in [1.82, 2.24) is 35.4 Å². The van der Waals surface area contributed by atoms with Crippen molar-refractivity contribution in [3.63, 3.8) is 0 Å². The number of aromatic amines is 1. The summed E-state index contributed by atoms with van der Waals surface area (Å²) in [5.41, 5.74) is 4.33. The van der Waals surface area contributed by atoms with Crippen molar-refractivity contribution in [2.45, 2.75) is 32.7 Å². The van der Waals surface area contributed by atoms with Crippen LogP contribution in [0.25, 0.3) is 22.5 Å². The number of aryl methyl sites for hydroxylation is 1. The molecule has 0 saturated heterocycles. The summed E-state index contributed by atoms with van der Waals surface area (Å²) in [5.74, 6) is 2.53. The fraction of sp³-hybridized carbons (Fsp3) is 0.208. The molecule has 0 saturated carbocycles. The smallest absolute Gasteiger partial charge is 0.205 e. The molecule has 0 aliphatic heterocycles. The Bertz CT molecular complexity index is 1270. The van der Waals surface area contributed by atoms with Crippen molar-refractivity contribution < 1.29 is 0 Å². The van der Waals surface area contributed by atoms with E-state index in [4.69, 9.17) is 10.1 Å². The van der Waals surface area contributed by atoms with E-state index in [2.05, 4.69) is 80.1 Å². The van der Waals surface area contributed by atoms with E-state index in [1.807, 2.05) is 18.2 Å². The molecule has 0 spiro atoms. The predicted octanol–water partition coefficient (Wildman–Crippen LogP) is 4.78. The van der Waals surface area contributed by atoms with Gasteiger partial charge in [0.15, 0.2) is 5.82 Å². The molecule has 0 radical (unpaired) electrons. The summed E-state index contributed by atoms with van der Waals surface area (Å²) in [6, 6.07) is 20.9. The first-order valence-electron chi connectivity index (χ1n) is 10.7. The third-order valence-electron chi connectivity index (χ3n) is 5.29. The molecule has 160 valence electrons. The van der Waals surface area contributed by atoms with Crippen molar-refractivity contribution in [2.24, 2.45) is 0 Å². The number of thiophene rings is 1. The molecule has 0 atom stereocenters. The van der Waals surface area contributed by atoms with E-state index in [1.165, 1.54) is 10.4 Å². The highest BCUT2D eigenvalue weighted by atomic mass is 32.1.